The van der Waals surface area contributed by atoms with Crippen LogP contribution in [0.3, 0.4) is 0 Å². The van der Waals surface area contributed by atoms with Gasteiger partial charge in [0.05, 0.1) is 17.1 Å². The van der Waals surface area contributed by atoms with Gasteiger partial charge in [-0.1, -0.05) is 54.6 Å². The number of para-hydroxylation sites is 2. The Balaban J connectivity index is 1.56. The van der Waals surface area contributed by atoms with Crippen molar-refractivity contribution < 1.29 is 4.79 Å². The molecule has 138 valence electrons. The highest BCUT2D eigenvalue weighted by atomic mass is 16.1. The number of hydrogen-bond acceptors (Lipinski definition) is 2. The van der Waals surface area contributed by atoms with E-state index in [1.807, 2.05) is 43.4 Å². The van der Waals surface area contributed by atoms with Gasteiger partial charge >= 0.3 is 0 Å². The first-order chi connectivity index (χ1) is 13.2. The van der Waals surface area contributed by atoms with E-state index in [-0.39, 0.29) is 11.9 Å². The van der Waals surface area contributed by atoms with Crippen molar-refractivity contribution in [3.8, 4) is 0 Å². The van der Waals surface area contributed by atoms with Crippen molar-refractivity contribution in [2.24, 2.45) is 13.0 Å². The molecular formula is C23H25N3O. The van der Waals surface area contributed by atoms with E-state index in [2.05, 4.69) is 40.2 Å². The molecule has 27 heavy (non-hydrogen) atoms. The van der Waals surface area contributed by atoms with Crippen molar-refractivity contribution >= 4 is 16.9 Å². The summed E-state index contributed by atoms with van der Waals surface area (Å²) in [4.78, 5) is 17.4. The van der Waals surface area contributed by atoms with Gasteiger partial charge in [-0.2, -0.15) is 0 Å². The van der Waals surface area contributed by atoms with E-state index in [9.17, 15) is 4.79 Å². The molecule has 0 saturated heterocycles. The number of fused-ring (bicyclic) bond motifs is 1. The second kappa shape index (κ2) is 7.78. The summed E-state index contributed by atoms with van der Waals surface area (Å²) in [5.41, 5.74) is 3.21. The van der Waals surface area contributed by atoms with Crippen molar-refractivity contribution in [1.82, 2.24) is 14.9 Å². The minimum Gasteiger partial charge on any atom is -0.349 e. The average molecular weight is 359 g/mol. The van der Waals surface area contributed by atoms with Crippen LogP contribution in [0.15, 0.2) is 66.7 Å². The standard InChI is InChI=1S/C23H25N3O/c1-26-21-14-8-7-13-19(21)24-22(26)16-20(18-11-3-2-4-12-18)25-23(27)15-17-9-5-6-10-17/h2-5,7-9,11-14,17,20H,6,10,15-16H2,1H3,(H,25,27)/t17-,20+/m1/s1. The summed E-state index contributed by atoms with van der Waals surface area (Å²) in [5.74, 6) is 1.46. The zero-order valence-corrected chi connectivity index (χ0v) is 15.6. The molecule has 0 spiro atoms. The van der Waals surface area contributed by atoms with Crippen LogP contribution in [0.25, 0.3) is 11.0 Å². The van der Waals surface area contributed by atoms with E-state index in [0.717, 1.165) is 35.3 Å². The predicted molar refractivity (Wildman–Crippen MR) is 108 cm³/mol. The first kappa shape index (κ1) is 17.5. The maximum Gasteiger partial charge on any atom is 0.221 e. The second-order valence-electron chi connectivity index (χ2n) is 7.28. The number of aryl methyl sites for hydroxylation is 1. The lowest BCUT2D eigenvalue weighted by Crippen LogP contribution is -2.31. The number of allylic oxidation sites excluding steroid dienone is 2. The Labute approximate surface area is 159 Å². The summed E-state index contributed by atoms with van der Waals surface area (Å²) >= 11 is 0. The summed E-state index contributed by atoms with van der Waals surface area (Å²) in [6.07, 6.45) is 7.73. The Hall–Kier alpha value is -2.88. The Bertz CT molecular complexity index is 958. The highest BCUT2D eigenvalue weighted by molar-refractivity contribution is 5.77. The third-order valence-corrected chi connectivity index (χ3v) is 5.36. The fourth-order valence-corrected chi connectivity index (χ4v) is 3.85. The lowest BCUT2D eigenvalue weighted by molar-refractivity contribution is -0.122. The molecule has 0 aliphatic heterocycles. The number of rotatable bonds is 6. The van der Waals surface area contributed by atoms with E-state index in [1.165, 1.54) is 0 Å². The Morgan fingerprint density at radius 3 is 2.70 bits per heavy atom. The van der Waals surface area contributed by atoms with Gasteiger partial charge in [-0.15, -0.1) is 0 Å². The molecule has 0 fully saturated rings. The smallest absolute Gasteiger partial charge is 0.221 e. The van der Waals surface area contributed by atoms with Crippen LogP contribution in [0.2, 0.25) is 0 Å². The first-order valence-electron chi connectivity index (χ1n) is 9.62. The normalized spacial score (nSPS) is 17.3. The van der Waals surface area contributed by atoms with E-state index < -0.39 is 0 Å². The molecule has 1 aromatic heterocycles. The van der Waals surface area contributed by atoms with Gasteiger partial charge in [0.15, 0.2) is 0 Å². The number of carbonyl (C=O) groups excluding carboxylic acids is 1. The summed E-state index contributed by atoms with van der Waals surface area (Å²) in [6, 6.07) is 18.2. The number of aromatic nitrogens is 2. The predicted octanol–water partition coefficient (Wildman–Crippen LogP) is 4.33. The molecule has 2 aromatic carbocycles. The van der Waals surface area contributed by atoms with Crippen LogP contribution in [-0.2, 0) is 18.3 Å². The molecule has 1 amide bonds. The topological polar surface area (TPSA) is 46.9 Å². The van der Waals surface area contributed by atoms with Crippen LogP contribution < -0.4 is 5.32 Å². The maximum atomic E-state index is 12.7. The Kier molecular flexibility index (Phi) is 5.05. The lowest BCUT2D eigenvalue weighted by atomic mass is 10.0. The number of carbonyl (C=O) groups is 1. The van der Waals surface area contributed by atoms with Gasteiger partial charge < -0.3 is 9.88 Å². The average Bonchev–Trinajstić information content (AvgIpc) is 3.30. The molecule has 3 aromatic rings. The van der Waals surface area contributed by atoms with Crippen molar-refractivity contribution in [3.63, 3.8) is 0 Å². The van der Waals surface area contributed by atoms with Crippen molar-refractivity contribution in [1.29, 1.82) is 0 Å². The minimum absolute atomic E-state index is 0.0837. The fraction of sp³-hybridized carbons (Fsp3) is 0.304. The number of benzene rings is 2. The zero-order chi connectivity index (χ0) is 18.6. The molecule has 0 unspecified atom stereocenters. The third-order valence-electron chi connectivity index (χ3n) is 5.36. The second-order valence-corrected chi connectivity index (χ2v) is 7.28. The largest absolute Gasteiger partial charge is 0.349 e. The van der Waals surface area contributed by atoms with Gasteiger partial charge in [0.2, 0.25) is 5.91 Å². The number of nitrogens with zero attached hydrogens (tertiary/aromatic N) is 2. The van der Waals surface area contributed by atoms with Crippen molar-refractivity contribution in [2.45, 2.75) is 31.7 Å². The number of amides is 1. The molecule has 1 heterocycles. The van der Waals surface area contributed by atoms with Crippen molar-refractivity contribution in [2.75, 3.05) is 0 Å². The van der Waals surface area contributed by atoms with E-state index in [1.54, 1.807) is 0 Å². The van der Waals surface area contributed by atoms with E-state index >= 15 is 0 Å². The SMILES string of the molecule is Cn1c(C[C@H](NC(=O)C[C@@H]2C=CCC2)c2ccccc2)nc2ccccc21. The molecule has 2 atom stereocenters. The van der Waals surface area contributed by atoms with Crippen LogP contribution in [0, 0.1) is 5.92 Å². The van der Waals surface area contributed by atoms with Crippen molar-refractivity contribution in [3.05, 3.63) is 78.1 Å². The molecular weight excluding hydrogens is 334 g/mol. The number of nitrogens with one attached hydrogen (secondary N) is 1. The van der Waals surface area contributed by atoms with Crippen LogP contribution in [0.4, 0.5) is 0 Å². The molecule has 4 rings (SSSR count). The zero-order valence-electron chi connectivity index (χ0n) is 15.6. The van der Waals surface area contributed by atoms with Gasteiger partial charge in [-0.3, -0.25) is 4.79 Å². The van der Waals surface area contributed by atoms with Crippen LogP contribution >= 0.6 is 0 Å². The summed E-state index contributed by atoms with van der Waals surface area (Å²) in [6.45, 7) is 0. The van der Waals surface area contributed by atoms with Crippen LogP contribution in [0.5, 0.6) is 0 Å². The molecule has 4 nitrogen and oxygen atoms in total. The first-order valence-corrected chi connectivity index (χ1v) is 9.62. The fourth-order valence-electron chi connectivity index (χ4n) is 3.85. The molecule has 1 aliphatic carbocycles. The highest BCUT2D eigenvalue weighted by Gasteiger charge is 2.21. The highest BCUT2D eigenvalue weighted by Crippen LogP contribution is 2.24. The van der Waals surface area contributed by atoms with Crippen LogP contribution in [-0.4, -0.2) is 15.5 Å². The quantitative estimate of drug-likeness (QED) is 0.666. The van der Waals surface area contributed by atoms with Gasteiger partial charge in [-0.25, -0.2) is 4.98 Å². The van der Waals surface area contributed by atoms with Gasteiger partial charge in [-0.05, 0) is 36.5 Å². The lowest BCUT2D eigenvalue weighted by Gasteiger charge is -2.20. The molecule has 1 N–H and O–H groups in total. The third kappa shape index (κ3) is 3.95. The molecule has 0 bridgehead atoms. The van der Waals surface area contributed by atoms with Gasteiger partial charge in [0.1, 0.15) is 5.82 Å². The molecule has 0 radical (unpaired) electrons. The molecule has 0 saturated carbocycles. The monoisotopic (exact) mass is 359 g/mol. The number of hydrogen-bond donors (Lipinski definition) is 1. The molecule has 1 aliphatic rings. The van der Waals surface area contributed by atoms with Gasteiger partial charge in [0.25, 0.3) is 0 Å². The summed E-state index contributed by atoms with van der Waals surface area (Å²) in [5, 5.41) is 3.25. The minimum atomic E-state index is -0.0837. The maximum absolute atomic E-state index is 12.7. The molecule has 4 heteroatoms. The van der Waals surface area contributed by atoms with Gasteiger partial charge in [0, 0.05) is 19.9 Å². The Morgan fingerprint density at radius 1 is 1.19 bits per heavy atom. The van der Waals surface area contributed by atoms with Crippen LogP contribution in [0.1, 0.15) is 36.7 Å². The number of imidazole rings is 1. The van der Waals surface area contributed by atoms with E-state index in [0.29, 0.717) is 18.8 Å². The summed E-state index contributed by atoms with van der Waals surface area (Å²) in [7, 11) is 2.04. The summed E-state index contributed by atoms with van der Waals surface area (Å²) < 4.78 is 2.12. The van der Waals surface area contributed by atoms with E-state index in [4.69, 9.17) is 4.98 Å². The Morgan fingerprint density at radius 2 is 1.96 bits per heavy atom.